The number of nitrogens with zero attached hydrogens (tertiary/aromatic N) is 3. The molecule has 0 radical (unpaired) electrons. The smallest absolute Gasteiger partial charge is 0.241 e. The Morgan fingerprint density at radius 2 is 1.73 bits per heavy atom. The third kappa shape index (κ3) is 3.94. The van der Waals surface area contributed by atoms with Crippen molar-refractivity contribution >= 4 is 16.8 Å². The maximum atomic E-state index is 13.0. The molecule has 2 unspecified atom stereocenters. The van der Waals surface area contributed by atoms with Crippen molar-refractivity contribution in [3.8, 4) is 0 Å². The van der Waals surface area contributed by atoms with Gasteiger partial charge in [0.15, 0.2) is 0 Å². The Kier molecular flexibility index (Phi) is 5.45. The van der Waals surface area contributed by atoms with Gasteiger partial charge in [0.05, 0.1) is 5.52 Å². The fourth-order valence-corrected chi connectivity index (χ4v) is 4.50. The summed E-state index contributed by atoms with van der Waals surface area (Å²) in [5.74, 6) is 0.201. The highest BCUT2D eigenvalue weighted by Gasteiger charge is 2.34. The van der Waals surface area contributed by atoms with Crippen LogP contribution in [0.2, 0.25) is 0 Å². The molecule has 2 aliphatic heterocycles. The first-order valence-corrected chi connectivity index (χ1v) is 10.7. The highest BCUT2D eigenvalue weighted by molar-refractivity contribution is 5.82. The molecule has 2 atom stereocenters. The molecule has 154 valence electrons. The van der Waals surface area contributed by atoms with Crippen LogP contribution in [-0.4, -0.2) is 52.9 Å². The van der Waals surface area contributed by atoms with E-state index in [4.69, 9.17) is 0 Å². The first kappa shape index (κ1) is 19.2. The third-order valence-corrected chi connectivity index (χ3v) is 6.20. The largest absolute Gasteiger partial charge is 0.339 e. The minimum Gasteiger partial charge on any atom is -0.339 e. The Labute approximate surface area is 176 Å². The molecule has 2 fully saturated rings. The molecule has 3 aromatic rings. The van der Waals surface area contributed by atoms with E-state index in [1.54, 1.807) is 0 Å². The second-order valence-electron chi connectivity index (χ2n) is 8.13. The summed E-state index contributed by atoms with van der Waals surface area (Å²) < 4.78 is 0. The monoisotopic (exact) mass is 401 g/mol. The number of rotatable bonds is 4. The normalized spacial score (nSPS) is 22.5. The quantitative estimate of drug-likeness (QED) is 0.703. The van der Waals surface area contributed by atoms with Crippen molar-refractivity contribution in [2.75, 3.05) is 26.2 Å². The van der Waals surface area contributed by atoms with Crippen LogP contribution in [0.3, 0.4) is 0 Å². The number of benzene rings is 2. The van der Waals surface area contributed by atoms with Crippen LogP contribution >= 0.6 is 0 Å². The lowest BCUT2D eigenvalue weighted by molar-refractivity contribution is -0.135. The first-order valence-electron chi connectivity index (χ1n) is 10.7. The van der Waals surface area contributed by atoms with Crippen molar-refractivity contribution < 1.29 is 4.79 Å². The van der Waals surface area contributed by atoms with E-state index in [-0.39, 0.29) is 18.0 Å². The van der Waals surface area contributed by atoms with Gasteiger partial charge in [-0.2, -0.15) is 0 Å². The number of hydrazine groups is 1. The molecule has 2 aromatic carbocycles. The number of piperazine rings is 1. The van der Waals surface area contributed by atoms with Crippen LogP contribution in [0.4, 0.5) is 0 Å². The number of hydrogen-bond acceptors (Lipinski definition) is 5. The SMILES string of the molecule is O=C(C1CC(c2ccccc2)NN1)N1CCN(Cc2cccc3cccnc23)CC1. The van der Waals surface area contributed by atoms with E-state index in [1.807, 2.05) is 35.4 Å². The fraction of sp³-hybridized carbons (Fsp3) is 0.333. The minimum atomic E-state index is -0.163. The number of nitrogens with one attached hydrogen (secondary N) is 2. The first-order chi connectivity index (χ1) is 14.8. The molecule has 6 heteroatoms. The van der Waals surface area contributed by atoms with Crippen LogP contribution in [0.25, 0.3) is 10.9 Å². The number of fused-ring (bicyclic) bond motifs is 1. The fourth-order valence-electron chi connectivity index (χ4n) is 4.50. The van der Waals surface area contributed by atoms with Crippen molar-refractivity contribution in [3.05, 3.63) is 78.0 Å². The van der Waals surface area contributed by atoms with Gasteiger partial charge >= 0.3 is 0 Å². The van der Waals surface area contributed by atoms with Gasteiger partial charge in [0.2, 0.25) is 5.91 Å². The molecule has 0 saturated carbocycles. The van der Waals surface area contributed by atoms with Crippen molar-refractivity contribution in [2.45, 2.75) is 25.0 Å². The lowest BCUT2D eigenvalue weighted by Crippen LogP contribution is -2.53. The summed E-state index contributed by atoms with van der Waals surface area (Å²) in [5.41, 5.74) is 10.0. The maximum absolute atomic E-state index is 13.0. The molecule has 2 N–H and O–H groups in total. The molecule has 1 amide bonds. The lowest BCUT2D eigenvalue weighted by Gasteiger charge is -2.36. The minimum absolute atomic E-state index is 0.163. The number of carbonyl (C=O) groups excluding carboxylic acids is 1. The summed E-state index contributed by atoms with van der Waals surface area (Å²) in [5, 5.41) is 1.18. The predicted molar refractivity (Wildman–Crippen MR) is 117 cm³/mol. The Morgan fingerprint density at radius 1 is 0.933 bits per heavy atom. The number of hydrogen-bond donors (Lipinski definition) is 2. The summed E-state index contributed by atoms with van der Waals surface area (Å²) in [6.07, 6.45) is 2.64. The molecular weight excluding hydrogens is 374 g/mol. The van der Waals surface area contributed by atoms with Crippen LogP contribution in [0.5, 0.6) is 0 Å². The van der Waals surface area contributed by atoms with Gasteiger partial charge in [0, 0.05) is 50.3 Å². The maximum Gasteiger partial charge on any atom is 0.241 e. The zero-order chi connectivity index (χ0) is 20.3. The number of para-hydroxylation sites is 1. The molecule has 2 saturated heterocycles. The molecule has 2 aliphatic rings. The van der Waals surface area contributed by atoms with Crippen LogP contribution < -0.4 is 10.9 Å². The van der Waals surface area contributed by atoms with E-state index in [9.17, 15) is 4.79 Å². The zero-order valence-electron chi connectivity index (χ0n) is 17.0. The third-order valence-electron chi connectivity index (χ3n) is 6.20. The van der Waals surface area contributed by atoms with Crippen molar-refractivity contribution in [1.82, 2.24) is 25.6 Å². The summed E-state index contributed by atoms with van der Waals surface area (Å²) in [7, 11) is 0. The highest BCUT2D eigenvalue weighted by Crippen LogP contribution is 2.23. The van der Waals surface area contributed by atoms with Crippen LogP contribution in [0.1, 0.15) is 23.6 Å². The summed E-state index contributed by atoms with van der Waals surface area (Å²) in [6.45, 7) is 4.18. The Balaban J connectivity index is 1.17. The van der Waals surface area contributed by atoms with Crippen LogP contribution in [0.15, 0.2) is 66.9 Å². The summed E-state index contributed by atoms with van der Waals surface area (Å²) >= 11 is 0. The van der Waals surface area contributed by atoms with E-state index >= 15 is 0 Å². The number of carbonyl (C=O) groups is 1. The van der Waals surface area contributed by atoms with Gasteiger partial charge in [0.25, 0.3) is 0 Å². The summed E-state index contributed by atoms with van der Waals surface area (Å²) in [4.78, 5) is 22.0. The van der Waals surface area contributed by atoms with E-state index < -0.39 is 0 Å². The number of amides is 1. The van der Waals surface area contributed by atoms with Crippen LogP contribution in [-0.2, 0) is 11.3 Å². The molecular formula is C24H27N5O. The second-order valence-corrected chi connectivity index (χ2v) is 8.13. The van der Waals surface area contributed by atoms with Crippen molar-refractivity contribution in [1.29, 1.82) is 0 Å². The molecule has 6 nitrogen and oxygen atoms in total. The van der Waals surface area contributed by atoms with Gasteiger partial charge in [-0.05, 0) is 23.6 Å². The Bertz CT molecular complexity index is 1010. The lowest BCUT2D eigenvalue weighted by atomic mass is 10.0. The summed E-state index contributed by atoms with van der Waals surface area (Å²) in [6, 6.07) is 20.8. The number of pyridine rings is 1. The van der Waals surface area contributed by atoms with E-state index in [1.165, 1.54) is 16.5 Å². The molecule has 3 heterocycles. The standard InChI is InChI=1S/C24H27N5O/c30-24(22-16-21(26-27-22)18-6-2-1-3-7-18)29-14-12-28(13-15-29)17-20-9-4-8-19-10-5-11-25-23(19)20/h1-11,21-22,26-27H,12-17H2. The molecule has 0 aliphatic carbocycles. The van der Waals surface area contributed by atoms with Gasteiger partial charge in [-0.1, -0.05) is 54.6 Å². The zero-order valence-corrected chi connectivity index (χ0v) is 17.0. The molecule has 0 spiro atoms. The van der Waals surface area contributed by atoms with E-state index in [2.05, 4.69) is 57.1 Å². The van der Waals surface area contributed by atoms with Gasteiger partial charge in [0.1, 0.15) is 6.04 Å². The topological polar surface area (TPSA) is 60.5 Å². The average molecular weight is 402 g/mol. The molecule has 30 heavy (non-hydrogen) atoms. The Hall–Kier alpha value is -2.80. The van der Waals surface area contributed by atoms with Crippen molar-refractivity contribution in [2.24, 2.45) is 0 Å². The van der Waals surface area contributed by atoms with Crippen molar-refractivity contribution in [3.63, 3.8) is 0 Å². The Morgan fingerprint density at radius 3 is 2.57 bits per heavy atom. The van der Waals surface area contributed by atoms with Crippen LogP contribution in [0, 0.1) is 0 Å². The van der Waals surface area contributed by atoms with E-state index in [0.29, 0.717) is 0 Å². The van der Waals surface area contributed by atoms with Gasteiger partial charge in [-0.25, -0.2) is 10.9 Å². The van der Waals surface area contributed by atoms with Gasteiger partial charge in [-0.15, -0.1) is 0 Å². The second kappa shape index (κ2) is 8.52. The molecule has 0 bridgehead atoms. The highest BCUT2D eigenvalue weighted by atomic mass is 16.2. The van der Waals surface area contributed by atoms with Gasteiger partial charge in [-0.3, -0.25) is 14.7 Å². The molecule has 5 rings (SSSR count). The van der Waals surface area contributed by atoms with E-state index in [0.717, 1.165) is 44.7 Å². The number of aromatic nitrogens is 1. The molecule has 1 aromatic heterocycles. The predicted octanol–water partition coefficient (Wildman–Crippen LogP) is 2.49. The van der Waals surface area contributed by atoms with Gasteiger partial charge < -0.3 is 4.90 Å². The average Bonchev–Trinajstić information content (AvgIpc) is 3.30.